The molecule has 0 radical (unpaired) electrons. The number of carbonyl (C=O) groups excluding carboxylic acids is 1. The van der Waals surface area contributed by atoms with Crippen molar-refractivity contribution in [3.8, 4) is 10.4 Å². The minimum atomic E-state index is -0.426. The van der Waals surface area contributed by atoms with Crippen LogP contribution >= 0.6 is 23.1 Å². The third-order valence-corrected chi connectivity index (χ3v) is 6.29. The molecule has 0 unspecified atom stereocenters. The van der Waals surface area contributed by atoms with Gasteiger partial charge in [0.05, 0.1) is 11.3 Å². The molecule has 5 nitrogen and oxygen atoms in total. The number of Topliss-reactive ketones (excluding diaryl/α,β-unsaturated/α-hetero) is 1. The highest BCUT2D eigenvalue weighted by molar-refractivity contribution is 7.99. The molecule has 0 aliphatic rings. The van der Waals surface area contributed by atoms with Gasteiger partial charge in [-0.15, -0.1) is 11.3 Å². The van der Waals surface area contributed by atoms with E-state index in [1.165, 1.54) is 47.7 Å². The lowest BCUT2D eigenvalue weighted by atomic mass is 10.1. The Hall–Kier alpha value is -3.04. The first kappa shape index (κ1) is 19.3. The second-order valence-corrected chi connectivity index (χ2v) is 8.11. The Balaban J connectivity index is 1.62. The molecular weight excluding hydrogens is 416 g/mol. The third kappa shape index (κ3) is 3.92. The summed E-state index contributed by atoms with van der Waals surface area (Å²) in [5.41, 5.74) is 1.15. The van der Waals surface area contributed by atoms with Crippen molar-refractivity contribution in [3.05, 3.63) is 82.1 Å². The monoisotopic (exact) mass is 429 g/mol. The van der Waals surface area contributed by atoms with Gasteiger partial charge in [0.2, 0.25) is 0 Å². The van der Waals surface area contributed by atoms with E-state index in [1.807, 2.05) is 0 Å². The first-order valence-electron chi connectivity index (χ1n) is 8.41. The van der Waals surface area contributed by atoms with Crippen LogP contribution in [0.5, 0.6) is 0 Å². The van der Waals surface area contributed by atoms with Crippen LogP contribution in [0.25, 0.3) is 20.7 Å². The van der Waals surface area contributed by atoms with Gasteiger partial charge in [0.1, 0.15) is 16.3 Å². The smallest absolute Gasteiger partial charge is 0.290 e. The van der Waals surface area contributed by atoms with Crippen LogP contribution < -0.4 is 11.4 Å². The van der Waals surface area contributed by atoms with Gasteiger partial charge < -0.3 is 5.84 Å². The van der Waals surface area contributed by atoms with Gasteiger partial charge in [0.15, 0.2) is 10.9 Å². The summed E-state index contributed by atoms with van der Waals surface area (Å²) in [7, 11) is 0. The van der Waals surface area contributed by atoms with Crippen LogP contribution in [-0.2, 0) is 0 Å². The number of nitrogen functional groups attached to an aromatic ring is 1. The second kappa shape index (κ2) is 7.76. The predicted octanol–water partition coefficient (Wildman–Crippen LogP) is 4.09. The van der Waals surface area contributed by atoms with E-state index in [0.717, 1.165) is 26.9 Å². The summed E-state index contributed by atoms with van der Waals surface area (Å²) in [4.78, 5) is 30.0. The van der Waals surface area contributed by atoms with Crippen LogP contribution in [0.4, 0.5) is 8.78 Å². The minimum absolute atomic E-state index is 0.00423. The molecule has 2 heterocycles. The summed E-state index contributed by atoms with van der Waals surface area (Å²) in [6, 6.07) is 12.9. The molecule has 0 bridgehead atoms. The lowest BCUT2D eigenvalue weighted by Crippen LogP contribution is -2.29. The van der Waals surface area contributed by atoms with Crippen molar-refractivity contribution in [2.75, 3.05) is 11.6 Å². The number of rotatable bonds is 5. The zero-order valence-electron chi connectivity index (χ0n) is 14.8. The highest BCUT2D eigenvalue weighted by Crippen LogP contribution is 2.32. The fourth-order valence-corrected chi connectivity index (χ4v) is 4.53. The van der Waals surface area contributed by atoms with Crippen molar-refractivity contribution >= 4 is 39.1 Å². The average Bonchev–Trinajstić information content (AvgIpc) is 3.14. The number of hydrogen-bond acceptors (Lipinski definition) is 6. The number of hydrogen-bond donors (Lipinski definition) is 1. The average molecular weight is 429 g/mol. The van der Waals surface area contributed by atoms with Crippen LogP contribution in [0.2, 0.25) is 0 Å². The number of nitrogens with two attached hydrogens (primary N) is 1. The van der Waals surface area contributed by atoms with Crippen molar-refractivity contribution < 1.29 is 13.6 Å². The standard InChI is InChI=1S/C20H13F2N3O2S2/c21-13-5-1-11(2-6-13)16(26)10-28-20-24-15-9-17(12-3-7-14(22)8-4-12)29-18(15)19(27)25(20)23/h1-9H,10,23H2. The van der Waals surface area contributed by atoms with E-state index < -0.39 is 11.4 Å². The van der Waals surface area contributed by atoms with Gasteiger partial charge in [-0.2, -0.15) is 0 Å². The summed E-state index contributed by atoms with van der Waals surface area (Å²) in [5.74, 6) is 4.87. The van der Waals surface area contributed by atoms with Crippen molar-refractivity contribution in [1.82, 2.24) is 9.66 Å². The highest BCUT2D eigenvalue weighted by Gasteiger charge is 2.16. The summed E-state index contributed by atoms with van der Waals surface area (Å²) >= 11 is 2.25. The summed E-state index contributed by atoms with van der Waals surface area (Å²) in [6.07, 6.45) is 0. The number of thioether (sulfide) groups is 1. The molecule has 0 aliphatic carbocycles. The van der Waals surface area contributed by atoms with E-state index in [0.29, 0.717) is 15.8 Å². The zero-order valence-corrected chi connectivity index (χ0v) is 16.4. The van der Waals surface area contributed by atoms with E-state index in [9.17, 15) is 18.4 Å². The number of fused-ring (bicyclic) bond motifs is 1. The second-order valence-electron chi connectivity index (χ2n) is 6.12. The molecule has 146 valence electrons. The minimum Gasteiger partial charge on any atom is -0.334 e. The van der Waals surface area contributed by atoms with Crippen LogP contribution in [0.1, 0.15) is 10.4 Å². The maximum Gasteiger partial charge on any atom is 0.290 e. The molecule has 29 heavy (non-hydrogen) atoms. The molecule has 2 aromatic heterocycles. The largest absolute Gasteiger partial charge is 0.334 e. The molecule has 0 saturated carbocycles. The molecule has 0 atom stereocenters. The van der Waals surface area contributed by atoms with Crippen molar-refractivity contribution in [2.24, 2.45) is 0 Å². The maximum atomic E-state index is 13.1. The molecule has 2 N–H and O–H groups in total. The fraction of sp³-hybridized carbons (Fsp3) is 0.0500. The van der Waals surface area contributed by atoms with Crippen molar-refractivity contribution in [3.63, 3.8) is 0 Å². The van der Waals surface area contributed by atoms with E-state index in [-0.39, 0.29) is 22.5 Å². The molecule has 2 aromatic carbocycles. The van der Waals surface area contributed by atoms with Crippen LogP contribution in [-0.4, -0.2) is 21.2 Å². The first-order valence-corrected chi connectivity index (χ1v) is 10.2. The lowest BCUT2D eigenvalue weighted by molar-refractivity contribution is 0.102. The number of halogens is 2. The number of aromatic nitrogens is 2. The molecule has 0 fully saturated rings. The Labute approximate surface area is 171 Å². The van der Waals surface area contributed by atoms with E-state index >= 15 is 0 Å². The number of carbonyl (C=O) groups is 1. The van der Waals surface area contributed by atoms with Gasteiger partial charge in [-0.1, -0.05) is 23.9 Å². The Kier molecular flexibility index (Phi) is 5.16. The van der Waals surface area contributed by atoms with E-state index in [2.05, 4.69) is 4.98 Å². The summed E-state index contributed by atoms with van der Waals surface area (Å²) in [5, 5.41) is 0.196. The van der Waals surface area contributed by atoms with Gasteiger partial charge in [0, 0.05) is 10.4 Å². The molecule has 0 spiro atoms. The number of benzene rings is 2. The number of ketones is 1. The SMILES string of the molecule is Nn1c(SCC(=O)c2ccc(F)cc2)nc2cc(-c3ccc(F)cc3)sc2c1=O. The summed E-state index contributed by atoms with van der Waals surface area (Å²) in [6.45, 7) is 0. The van der Waals surface area contributed by atoms with E-state index in [1.54, 1.807) is 18.2 Å². The normalized spacial score (nSPS) is 11.1. The van der Waals surface area contributed by atoms with Gasteiger partial charge >= 0.3 is 0 Å². The van der Waals surface area contributed by atoms with Crippen molar-refractivity contribution in [2.45, 2.75) is 5.16 Å². The molecule has 0 saturated heterocycles. The molecule has 4 rings (SSSR count). The Morgan fingerprint density at radius 3 is 2.34 bits per heavy atom. The molecule has 0 amide bonds. The quantitative estimate of drug-likeness (QED) is 0.224. The third-order valence-electron chi connectivity index (χ3n) is 4.17. The topological polar surface area (TPSA) is 78.0 Å². The van der Waals surface area contributed by atoms with E-state index in [4.69, 9.17) is 5.84 Å². The lowest BCUT2D eigenvalue weighted by Gasteiger charge is -2.06. The van der Waals surface area contributed by atoms with Gasteiger partial charge in [-0.05, 0) is 48.0 Å². The van der Waals surface area contributed by atoms with Gasteiger partial charge in [0.25, 0.3) is 5.56 Å². The Morgan fingerprint density at radius 1 is 1.07 bits per heavy atom. The number of thiophene rings is 1. The fourth-order valence-electron chi connectivity index (χ4n) is 2.68. The first-order chi connectivity index (χ1) is 13.9. The molecular formula is C20H13F2N3O2S2. The summed E-state index contributed by atoms with van der Waals surface area (Å²) < 4.78 is 27.4. The van der Waals surface area contributed by atoms with Crippen molar-refractivity contribution in [1.29, 1.82) is 0 Å². The zero-order chi connectivity index (χ0) is 20.5. The van der Waals surface area contributed by atoms with Crippen LogP contribution in [0.15, 0.2) is 64.5 Å². The highest BCUT2D eigenvalue weighted by atomic mass is 32.2. The number of nitrogens with zero attached hydrogens (tertiary/aromatic N) is 2. The molecule has 0 aliphatic heterocycles. The van der Waals surface area contributed by atoms with Gasteiger partial charge in [-0.25, -0.2) is 18.4 Å². The molecule has 9 heteroatoms. The van der Waals surface area contributed by atoms with Crippen LogP contribution in [0, 0.1) is 11.6 Å². The molecule has 4 aromatic rings. The predicted molar refractivity (Wildman–Crippen MR) is 111 cm³/mol. The maximum absolute atomic E-state index is 13.1. The van der Waals surface area contributed by atoms with Crippen LogP contribution in [0.3, 0.4) is 0 Å². The Bertz CT molecular complexity index is 1270. The van der Waals surface area contributed by atoms with Gasteiger partial charge in [-0.3, -0.25) is 9.59 Å². The Morgan fingerprint density at radius 2 is 1.69 bits per heavy atom.